The summed E-state index contributed by atoms with van der Waals surface area (Å²) < 4.78 is 10.0. The van der Waals surface area contributed by atoms with Crippen molar-refractivity contribution in [3.05, 3.63) is 29.6 Å². The molecule has 0 spiro atoms. The molecule has 0 radical (unpaired) electrons. The Bertz CT molecular complexity index is 886. The average Bonchev–Trinajstić information content (AvgIpc) is 2.90. The highest BCUT2D eigenvalue weighted by atomic mass is 16.5. The normalized spacial score (nSPS) is 11.3. The van der Waals surface area contributed by atoms with Crippen LogP contribution in [-0.2, 0) is 11.3 Å². The van der Waals surface area contributed by atoms with Crippen molar-refractivity contribution in [1.82, 2.24) is 19.9 Å². The fourth-order valence-corrected chi connectivity index (χ4v) is 2.57. The van der Waals surface area contributed by atoms with Gasteiger partial charge in [-0.3, -0.25) is 0 Å². The standard InChI is InChI=1S/C16H18N4O3/c1-20(2)8-9-5-6-11-10(7-9)12-13(17-11)15(22-3)19-14(18-12)16(21)23-4/h5-7,17H,8H2,1-4H3. The zero-order chi connectivity index (χ0) is 16.6. The van der Waals surface area contributed by atoms with Crippen molar-refractivity contribution in [1.29, 1.82) is 0 Å². The van der Waals surface area contributed by atoms with Gasteiger partial charge in [-0.05, 0) is 31.8 Å². The van der Waals surface area contributed by atoms with Gasteiger partial charge in [-0.1, -0.05) is 6.07 Å². The van der Waals surface area contributed by atoms with Gasteiger partial charge in [0.1, 0.15) is 11.0 Å². The molecule has 0 fully saturated rings. The number of ether oxygens (including phenoxy) is 2. The highest BCUT2D eigenvalue weighted by molar-refractivity contribution is 6.07. The molecule has 7 heteroatoms. The van der Waals surface area contributed by atoms with E-state index < -0.39 is 5.97 Å². The molecule has 0 amide bonds. The number of nitrogens with one attached hydrogen (secondary N) is 1. The molecule has 0 saturated carbocycles. The minimum absolute atomic E-state index is 0.0178. The molecule has 3 rings (SSSR count). The highest BCUT2D eigenvalue weighted by Gasteiger charge is 2.18. The third-order valence-electron chi connectivity index (χ3n) is 3.53. The predicted molar refractivity (Wildman–Crippen MR) is 86.7 cm³/mol. The topological polar surface area (TPSA) is 80.3 Å². The van der Waals surface area contributed by atoms with Gasteiger partial charge < -0.3 is 19.4 Å². The lowest BCUT2D eigenvalue weighted by molar-refractivity contribution is 0.0586. The Kier molecular flexibility index (Phi) is 3.87. The van der Waals surface area contributed by atoms with Crippen LogP contribution in [0.5, 0.6) is 5.88 Å². The number of carbonyl (C=O) groups excluding carboxylic acids is 1. The van der Waals surface area contributed by atoms with Gasteiger partial charge in [0.2, 0.25) is 11.7 Å². The lowest BCUT2D eigenvalue weighted by Crippen LogP contribution is -2.10. The molecule has 3 aromatic rings. The van der Waals surface area contributed by atoms with Crippen molar-refractivity contribution in [3.63, 3.8) is 0 Å². The Balaban J connectivity index is 2.27. The van der Waals surface area contributed by atoms with Crippen LogP contribution in [0, 0.1) is 0 Å². The van der Waals surface area contributed by atoms with E-state index in [0.717, 1.165) is 23.0 Å². The van der Waals surface area contributed by atoms with Crippen molar-refractivity contribution >= 4 is 27.9 Å². The fraction of sp³-hybridized carbons (Fsp3) is 0.312. The molecule has 0 unspecified atom stereocenters. The molecule has 0 saturated heterocycles. The van der Waals surface area contributed by atoms with Crippen LogP contribution in [0.4, 0.5) is 0 Å². The van der Waals surface area contributed by atoms with Crippen LogP contribution >= 0.6 is 0 Å². The van der Waals surface area contributed by atoms with Crippen LogP contribution < -0.4 is 4.74 Å². The number of aromatic amines is 1. The summed E-state index contributed by atoms with van der Waals surface area (Å²) in [4.78, 5) is 25.6. The van der Waals surface area contributed by atoms with Crippen molar-refractivity contribution in [2.24, 2.45) is 0 Å². The third kappa shape index (κ3) is 2.70. The Morgan fingerprint density at radius 2 is 2.04 bits per heavy atom. The number of fused-ring (bicyclic) bond motifs is 3. The first kappa shape index (κ1) is 15.2. The minimum atomic E-state index is -0.594. The van der Waals surface area contributed by atoms with Gasteiger partial charge in [0.05, 0.1) is 14.2 Å². The van der Waals surface area contributed by atoms with E-state index in [9.17, 15) is 4.79 Å². The van der Waals surface area contributed by atoms with E-state index >= 15 is 0 Å². The molecule has 120 valence electrons. The van der Waals surface area contributed by atoms with Crippen LogP contribution in [-0.4, -0.2) is 54.1 Å². The first-order chi connectivity index (χ1) is 11.0. The number of benzene rings is 1. The van der Waals surface area contributed by atoms with Crippen molar-refractivity contribution in [2.75, 3.05) is 28.3 Å². The van der Waals surface area contributed by atoms with Gasteiger partial charge in [0, 0.05) is 17.4 Å². The SMILES string of the molecule is COC(=O)c1nc(OC)c2[nH]c3ccc(CN(C)C)cc3c2n1. The van der Waals surface area contributed by atoms with Crippen LogP contribution in [0.2, 0.25) is 0 Å². The van der Waals surface area contributed by atoms with E-state index in [1.807, 2.05) is 20.2 Å². The van der Waals surface area contributed by atoms with E-state index in [1.165, 1.54) is 14.2 Å². The second-order valence-electron chi connectivity index (χ2n) is 5.51. The number of nitrogens with zero attached hydrogens (tertiary/aromatic N) is 3. The number of hydrogen-bond acceptors (Lipinski definition) is 6. The number of aromatic nitrogens is 3. The largest absolute Gasteiger partial charge is 0.479 e. The van der Waals surface area contributed by atoms with Gasteiger partial charge in [0.25, 0.3) is 0 Å². The molecule has 0 aliphatic carbocycles. The number of esters is 1. The molecule has 23 heavy (non-hydrogen) atoms. The van der Waals surface area contributed by atoms with Gasteiger partial charge in [0.15, 0.2) is 0 Å². The Morgan fingerprint density at radius 1 is 1.26 bits per heavy atom. The van der Waals surface area contributed by atoms with Crippen LogP contribution in [0.25, 0.3) is 21.9 Å². The van der Waals surface area contributed by atoms with Crippen LogP contribution in [0.1, 0.15) is 16.2 Å². The molecule has 2 aromatic heterocycles. The van der Waals surface area contributed by atoms with Crippen LogP contribution in [0.3, 0.4) is 0 Å². The number of rotatable bonds is 4. The summed E-state index contributed by atoms with van der Waals surface area (Å²) >= 11 is 0. The van der Waals surface area contributed by atoms with Gasteiger partial charge in [-0.2, -0.15) is 4.98 Å². The van der Waals surface area contributed by atoms with Gasteiger partial charge in [-0.15, -0.1) is 0 Å². The summed E-state index contributed by atoms with van der Waals surface area (Å²) in [5.41, 5.74) is 3.38. The first-order valence-corrected chi connectivity index (χ1v) is 7.13. The third-order valence-corrected chi connectivity index (χ3v) is 3.53. The molecule has 1 aromatic carbocycles. The fourth-order valence-electron chi connectivity index (χ4n) is 2.57. The maximum atomic E-state index is 11.8. The Morgan fingerprint density at radius 3 is 2.70 bits per heavy atom. The zero-order valence-electron chi connectivity index (χ0n) is 13.5. The summed E-state index contributed by atoms with van der Waals surface area (Å²) in [6.45, 7) is 0.814. The molecular formula is C16H18N4O3. The van der Waals surface area contributed by atoms with Crippen molar-refractivity contribution in [2.45, 2.75) is 6.54 Å². The summed E-state index contributed by atoms with van der Waals surface area (Å²) in [6.07, 6.45) is 0. The molecular weight excluding hydrogens is 296 g/mol. The Labute approximate surface area is 133 Å². The second kappa shape index (κ2) is 5.85. The predicted octanol–water partition coefficient (Wildman–Crippen LogP) is 1.97. The molecule has 0 aliphatic heterocycles. The molecule has 1 N–H and O–H groups in total. The average molecular weight is 314 g/mol. The maximum Gasteiger partial charge on any atom is 0.376 e. The smallest absolute Gasteiger partial charge is 0.376 e. The second-order valence-corrected chi connectivity index (χ2v) is 5.51. The van der Waals surface area contributed by atoms with Crippen molar-refractivity contribution < 1.29 is 14.3 Å². The van der Waals surface area contributed by atoms with E-state index in [4.69, 9.17) is 9.47 Å². The summed E-state index contributed by atoms with van der Waals surface area (Å²) in [6, 6.07) is 6.10. The number of H-pyrrole nitrogens is 1. The quantitative estimate of drug-likeness (QED) is 0.742. The van der Waals surface area contributed by atoms with Crippen molar-refractivity contribution in [3.8, 4) is 5.88 Å². The molecule has 0 aliphatic rings. The number of methoxy groups -OCH3 is 2. The highest BCUT2D eigenvalue weighted by Crippen LogP contribution is 2.30. The number of carbonyl (C=O) groups is 1. The summed E-state index contributed by atoms with van der Waals surface area (Å²) in [7, 11) is 6.83. The molecule has 0 bridgehead atoms. The number of hydrogen-bond donors (Lipinski definition) is 1. The monoisotopic (exact) mass is 314 g/mol. The lowest BCUT2D eigenvalue weighted by Gasteiger charge is -2.09. The van der Waals surface area contributed by atoms with Gasteiger partial charge in [-0.25, -0.2) is 9.78 Å². The first-order valence-electron chi connectivity index (χ1n) is 7.13. The molecule has 2 heterocycles. The molecule has 7 nitrogen and oxygen atoms in total. The van der Waals surface area contributed by atoms with Crippen LogP contribution in [0.15, 0.2) is 18.2 Å². The summed E-state index contributed by atoms with van der Waals surface area (Å²) in [5, 5.41) is 0.921. The van der Waals surface area contributed by atoms with E-state index in [0.29, 0.717) is 16.9 Å². The molecule has 0 atom stereocenters. The van der Waals surface area contributed by atoms with E-state index in [-0.39, 0.29) is 5.82 Å². The van der Waals surface area contributed by atoms with Gasteiger partial charge >= 0.3 is 5.97 Å². The van der Waals surface area contributed by atoms with E-state index in [2.05, 4.69) is 32.0 Å². The zero-order valence-corrected chi connectivity index (χ0v) is 13.5. The Hall–Kier alpha value is -2.67. The van der Waals surface area contributed by atoms with E-state index in [1.54, 1.807) is 0 Å². The minimum Gasteiger partial charge on any atom is -0.479 e. The maximum absolute atomic E-state index is 11.8. The summed E-state index contributed by atoms with van der Waals surface area (Å²) in [5.74, 6) is -0.291. The lowest BCUT2D eigenvalue weighted by atomic mass is 10.1.